The SMILES string of the molecule is Cc1c(OCC(=O)N[C@@H](Cc2ccc(Cl)cc2)C(=O)[O-])ccc2c(-c3ccccc3)cc(=O)oc12. The molecule has 1 aromatic heterocycles. The molecule has 0 aliphatic carbocycles. The molecular formula is C27H21ClNO6-. The van der Waals surface area contributed by atoms with E-state index in [-0.39, 0.29) is 6.42 Å². The summed E-state index contributed by atoms with van der Waals surface area (Å²) in [6.07, 6.45) is 0.0354. The lowest BCUT2D eigenvalue weighted by Gasteiger charge is -2.20. The predicted molar refractivity (Wildman–Crippen MR) is 130 cm³/mol. The zero-order chi connectivity index (χ0) is 24.9. The number of amides is 1. The summed E-state index contributed by atoms with van der Waals surface area (Å²) in [6, 6.07) is 19.7. The van der Waals surface area contributed by atoms with Crippen LogP contribution in [0.2, 0.25) is 5.02 Å². The van der Waals surface area contributed by atoms with Crippen molar-refractivity contribution >= 4 is 34.4 Å². The second kappa shape index (κ2) is 10.4. The van der Waals surface area contributed by atoms with E-state index in [9.17, 15) is 19.5 Å². The van der Waals surface area contributed by atoms with E-state index in [0.29, 0.717) is 27.5 Å². The van der Waals surface area contributed by atoms with Crippen LogP contribution in [0.25, 0.3) is 22.1 Å². The first-order valence-corrected chi connectivity index (χ1v) is 11.2. The van der Waals surface area contributed by atoms with Crippen LogP contribution in [0, 0.1) is 6.92 Å². The standard InChI is InChI=1S/C27H22ClNO6/c1-16-23(12-11-20-21(14-25(31)35-26(16)20)18-5-3-2-4-6-18)34-15-24(30)29-22(27(32)33)13-17-7-9-19(28)10-8-17/h2-12,14,22H,13,15H2,1H3,(H,29,30)(H,32,33)/p-1/t22-/m0/s1. The second-order valence-corrected chi connectivity index (χ2v) is 8.41. The van der Waals surface area contributed by atoms with Gasteiger partial charge in [0, 0.05) is 22.0 Å². The van der Waals surface area contributed by atoms with Gasteiger partial charge in [-0.25, -0.2) is 4.79 Å². The van der Waals surface area contributed by atoms with Crippen molar-refractivity contribution in [1.82, 2.24) is 5.32 Å². The summed E-state index contributed by atoms with van der Waals surface area (Å²) in [7, 11) is 0. The lowest BCUT2D eigenvalue weighted by molar-refractivity contribution is -0.308. The first kappa shape index (κ1) is 24.0. The fourth-order valence-electron chi connectivity index (χ4n) is 3.78. The van der Waals surface area contributed by atoms with Gasteiger partial charge in [-0.2, -0.15) is 0 Å². The maximum atomic E-state index is 12.4. The number of halogens is 1. The average Bonchev–Trinajstić information content (AvgIpc) is 2.85. The van der Waals surface area contributed by atoms with E-state index in [4.69, 9.17) is 20.8 Å². The molecule has 0 unspecified atom stereocenters. The van der Waals surface area contributed by atoms with Gasteiger partial charge in [-0.05, 0) is 54.3 Å². The van der Waals surface area contributed by atoms with E-state index in [1.165, 1.54) is 6.07 Å². The zero-order valence-corrected chi connectivity index (χ0v) is 19.5. The third-order valence-electron chi connectivity index (χ3n) is 5.53. The van der Waals surface area contributed by atoms with Gasteiger partial charge in [0.25, 0.3) is 5.91 Å². The van der Waals surface area contributed by atoms with Crippen LogP contribution >= 0.6 is 11.6 Å². The highest BCUT2D eigenvalue weighted by atomic mass is 35.5. The van der Waals surface area contributed by atoms with Crippen LogP contribution in [0.15, 0.2) is 82.0 Å². The van der Waals surface area contributed by atoms with Crippen LogP contribution in [0.1, 0.15) is 11.1 Å². The Morgan fingerprint density at radius 2 is 1.77 bits per heavy atom. The molecule has 3 aromatic carbocycles. The van der Waals surface area contributed by atoms with E-state index in [2.05, 4.69) is 5.32 Å². The van der Waals surface area contributed by atoms with Gasteiger partial charge in [0.05, 0.1) is 12.0 Å². The molecule has 0 saturated heterocycles. The summed E-state index contributed by atoms with van der Waals surface area (Å²) in [5, 5.41) is 15.2. The number of rotatable bonds is 8. The molecule has 0 aliphatic rings. The number of carbonyl (C=O) groups is 2. The Morgan fingerprint density at radius 1 is 1.06 bits per heavy atom. The van der Waals surface area contributed by atoms with Crippen molar-refractivity contribution in [2.45, 2.75) is 19.4 Å². The molecule has 178 valence electrons. The van der Waals surface area contributed by atoms with Crippen LogP contribution in [-0.4, -0.2) is 24.5 Å². The molecule has 0 bridgehead atoms. The molecule has 0 aliphatic heterocycles. The van der Waals surface area contributed by atoms with Crippen LogP contribution in [-0.2, 0) is 16.0 Å². The molecule has 35 heavy (non-hydrogen) atoms. The molecule has 8 heteroatoms. The van der Waals surface area contributed by atoms with Crippen molar-refractivity contribution in [3.63, 3.8) is 0 Å². The van der Waals surface area contributed by atoms with Crippen molar-refractivity contribution < 1.29 is 23.8 Å². The normalized spacial score (nSPS) is 11.7. The highest BCUT2D eigenvalue weighted by Gasteiger charge is 2.17. The maximum absolute atomic E-state index is 12.4. The Balaban J connectivity index is 1.50. The van der Waals surface area contributed by atoms with E-state index in [0.717, 1.165) is 16.5 Å². The predicted octanol–water partition coefficient (Wildman–Crippen LogP) is 3.28. The minimum absolute atomic E-state index is 0.0354. The van der Waals surface area contributed by atoms with Gasteiger partial charge < -0.3 is 24.4 Å². The van der Waals surface area contributed by atoms with Crippen LogP contribution in [0.3, 0.4) is 0 Å². The van der Waals surface area contributed by atoms with E-state index in [1.807, 2.05) is 30.3 Å². The number of ether oxygens (including phenoxy) is 1. The number of aliphatic carboxylic acids is 1. The second-order valence-electron chi connectivity index (χ2n) is 7.97. The number of carboxylic acid groups (broad SMARTS) is 1. The van der Waals surface area contributed by atoms with Crippen molar-refractivity contribution in [2.75, 3.05) is 6.61 Å². The highest BCUT2D eigenvalue weighted by molar-refractivity contribution is 6.30. The van der Waals surface area contributed by atoms with Crippen molar-refractivity contribution in [2.24, 2.45) is 0 Å². The first-order valence-electron chi connectivity index (χ1n) is 10.8. The zero-order valence-electron chi connectivity index (χ0n) is 18.7. The molecule has 7 nitrogen and oxygen atoms in total. The third kappa shape index (κ3) is 5.70. The smallest absolute Gasteiger partial charge is 0.336 e. The number of hydrogen-bond acceptors (Lipinski definition) is 6. The maximum Gasteiger partial charge on any atom is 0.336 e. The Bertz CT molecular complexity index is 1430. The summed E-state index contributed by atoms with van der Waals surface area (Å²) in [6.45, 7) is 1.29. The number of hydrogen-bond donors (Lipinski definition) is 1. The number of benzene rings is 3. The summed E-state index contributed by atoms with van der Waals surface area (Å²) >= 11 is 5.85. The number of carboxylic acids is 1. The van der Waals surface area contributed by atoms with E-state index >= 15 is 0 Å². The van der Waals surface area contributed by atoms with Crippen LogP contribution in [0.4, 0.5) is 0 Å². The molecule has 1 heterocycles. The fraction of sp³-hybridized carbons (Fsp3) is 0.148. The number of fused-ring (bicyclic) bond motifs is 1. The minimum Gasteiger partial charge on any atom is -0.548 e. The van der Waals surface area contributed by atoms with E-state index in [1.54, 1.807) is 43.3 Å². The number of nitrogens with one attached hydrogen (secondary N) is 1. The highest BCUT2D eigenvalue weighted by Crippen LogP contribution is 2.33. The van der Waals surface area contributed by atoms with Gasteiger partial charge in [-0.1, -0.05) is 54.1 Å². The molecule has 0 radical (unpaired) electrons. The lowest BCUT2D eigenvalue weighted by Crippen LogP contribution is -2.50. The van der Waals surface area contributed by atoms with Crippen molar-refractivity contribution in [3.05, 3.63) is 99.4 Å². The lowest BCUT2D eigenvalue weighted by atomic mass is 10.0. The molecule has 1 amide bonds. The molecule has 0 spiro atoms. The summed E-state index contributed by atoms with van der Waals surface area (Å²) in [5.41, 5.74) is 2.66. The first-order chi connectivity index (χ1) is 16.8. The Morgan fingerprint density at radius 3 is 2.46 bits per heavy atom. The molecule has 1 atom stereocenters. The summed E-state index contributed by atoms with van der Waals surface area (Å²) in [4.78, 5) is 36.2. The Hall–Kier alpha value is -4.10. The monoisotopic (exact) mass is 490 g/mol. The van der Waals surface area contributed by atoms with Crippen LogP contribution in [0.5, 0.6) is 5.75 Å². The van der Waals surface area contributed by atoms with Gasteiger partial charge in [0.1, 0.15) is 11.3 Å². The number of aryl methyl sites for hydroxylation is 1. The van der Waals surface area contributed by atoms with E-state index < -0.39 is 30.2 Å². The van der Waals surface area contributed by atoms with Gasteiger partial charge in [0.2, 0.25) is 0 Å². The molecular weight excluding hydrogens is 470 g/mol. The van der Waals surface area contributed by atoms with Crippen molar-refractivity contribution in [1.29, 1.82) is 0 Å². The molecule has 0 saturated carbocycles. The van der Waals surface area contributed by atoms with Gasteiger partial charge >= 0.3 is 5.63 Å². The molecule has 0 fully saturated rings. The topological polar surface area (TPSA) is 109 Å². The Labute approximate surface area is 205 Å². The van der Waals surface area contributed by atoms with Gasteiger partial charge in [-0.3, -0.25) is 4.79 Å². The van der Waals surface area contributed by atoms with Crippen molar-refractivity contribution in [3.8, 4) is 16.9 Å². The third-order valence-corrected chi connectivity index (χ3v) is 5.78. The van der Waals surface area contributed by atoms with Gasteiger partial charge in [-0.15, -0.1) is 0 Å². The largest absolute Gasteiger partial charge is 0.548 e. The molecule has 4 rings (SSSR count). The summed E-state index contributed by atoms with van der Waals surface area (Å²) < 4.78 is 11.1. The minimum atomic E-state index is -1.41. The quantitative estimate of drug-likeness (QED) is 0.380. The van der Waals surface area contributed by atoms with Crippen LogP contribution < -0.4 is 20.8 Å². The average molecular weight is 491 g/mol. The Kier molecular flexibility index (Phi) is 7.17. The molecule has 4 aromatic rings. The molecule has 1 N–H and O–H groups in total. The summed E-state index contributed by atoms with van der Waals surface area (Å²) in [5.74, 6) is -1.71. The number of carbonyl (C=O) groups excluding carboxylic acids is 2. The fourth-order valence-corrected chi connectivity index (χ4v) is 3.91. The van der Waals surface area contributed by atoms with Gasteiger partial charge in [0.15, 0.2) is 6.61 Å².